The number of amides is 1. The maximum absolute atomic E-state index is 12.6. The molecule has 3 nitrogen and oxygen atoms in total. The van der Waals surface area contributed by atoms with E-state index >= 15 is 0 Å². The third-order valence-corrected chi connectivity index (χ3v) is 4.25. The summed E-state index contributed by atoms with van der Waals surface area (Å²) >= 11 is 0. The molecular weight excluding hydrogens is 248 g/mol. The van der Waals surface area contributed by atoms with Crippen molar-refractivity contribution in [3.63, 3.8) is 0 Å². The number of piperazine rings is 1. The van der Waals surface area contributed by atoms with Crippen LogP contribution < -0.4 is 5.32 Å². The van der Waals surface area contributed by atoms with Gasteiger partial charge in [0.15, 0.2) is 0 Å². The highest BCUT2D eigenvalue weighted by Gasteiger charge is 2.29. The minimum absolute atomic E-state index is 0.116. The second kappa shape index (κ2) is 5.96. The lowest BCUT2D eigenvalue weighted by molar-refractivity contribution is -0.135. The van der Waals surface area contributed by atoms with Crippen molar-refractivity contribution in [3.8, 4) is 0 Å². The normalized spacial score (nSPS) is 20.0. The molecule has 0 radical (unpaired) electrons. The molecule has 1 aromatic carbocycles. The van der Waals surface area contributed by atoms with Gasteiger partial charge in [0, 0.05) is 32.1 Å². The van der Waals surface area contributed by atoms with Crippen LogP contribution in [0.5, 0.6) is 0 Å². The van der Waals surface area contributed by atoms with E-state index in [1.54, 1.807) is 0 Å². The summed E-state index contributed by atoms with van der Waals surface area (Å²) in [7, 11) is 0. The van der Waals surface area contributed by atoms with Crippen LogP contribution >= 0.6 is 0 Å². The van der Waals surface area contributed by atoms with E-state index in [0.29, 0.717) is 12.5 Å². The summed E-state index contributed by atoms with van der Waals surface area (Å²) in [4.78, 5) is 14.6. The molecule has 1 atom stereocenters. The molecule has 0 spiro atoms. The Balaban J connectivity index is 2.07. The van der Waals surface area contributed by atoms with Crippen LogP contribution in [-0.2, 0) is 10.2 Å². The van der Waals surface area contributed by atoms with Gasteiger partial charge in [-0.2, -0.15) is 0 Å². The molecule has 20 heavy (non-hydrogen) atoms. The zero-order chi connectivity index (χ0) is 14.8. The first-order chi connectivity index (χ1) is 9.40. The summed E-state index contributed by atoms with van der Waals surface area (Å²) in [6.07, 6.45) is 0.570. The molecule has 0 aliphatic carbocycles. The van der Waals surface area contributed by atoms with Gasteiger partial charge >= 0.3 is 0 Å². The van der Waals surface area contributed by atoms with Crippen LogP contribution in [0.15, 0.2) is 24.3 Å². The van der Waals surface area contributed by atoms with E-state index < -0.39 is 0 Å². The van der Waals surface area contributed by atoms with Crippen molar-refractivity contribution in [1.29, 1.82) is 0 Å². The quantitative estimate of drug-likeness (QED) is 0.918. The molecule has 1 aromatic rings. The molecule has 1 aliphatic rings. The largest absolute Gasteiger partial charge is 0.337 e. The number of carbonyl (C=O) groups is 1. The molecule has 1 amide bonds. The van der Waals surface area contributed by atoms with Crippen LogP contribution in [0.25, 0.3) is 0 Å². The second-order valence-electron chi connectivity index (χ2n) is 6.57. The van der Waals surface area contributed by atoms with Crippen LogP contribution in [0.1, 0.15) is 38.3 Å². The van der Waals surface area contributed by atoms with Gasteiger partial charge in [0.1, 0.15) is 0 Å². The smallest absolute Gasteiger partial charge is 0.223 e. The Morgan fingerprint density at radius 2 is 2.00 bits per heavy atom. The minimum Gasteiger partial charge on any atom is -0.337 e. The van der Waals surface area contributed by atoms with Gasteiger partial charge in [-0.3, -0.25) is 4.79 Å². The maximum Gasteiger partial charge on any atom is 0.223 e. The molecule has 0 unspecified atom stereocenters. The standard InChI is InChI=1S/C17H26N2O/c1-13-5-7-15(8-6-13)17(3,4)11-16(20)19-10-9-18-12-14(19)2/h5-8,14,18H,9-12H2,1-4H3/t14-/m1/s1. The first-order valence-electron chi connectivity index (χ1n) is 7.47. The Kier molecular flexibility index (Phi) is 4.48. The number of rotatable bonds is 3. The van der Waals surface area contributed by atoms with Gasteiger partial charge in [0.2, 0.25) is 5.91 Å². The van der Waals surface area contributed by atoms with Crippen molar-refractivity contribution in [2.75, 3.05) is 19.6 Å². The van der Waals surface area contributed by atoms with E-state index in [4.69, 9.17) is 0 Å². The third-order valence-electron chi connectivity index (χ3n) is 4.25. The van der Waals surface area contributed by atoms with Gasteiger partial charge in [0.05, 0.1) is 0 Å². The molecule has 1 heterocycles. The Morgan fingerprint density at radius 1 is 1.35 bits per heavy atom. The van der Waals surface area contributed by atoms with Gasteiger partial charge in [-0.05, 0) is 24.8 Å². The van der Waals surface area contributed by atoms with Crippen molar-refractivity contribution < 1.29 is 4.79 Å². The predicted molar refractivity (Wildman–Crippen MR) is 82.9 cm³/mol. The average Bonchev–Trinajstić information content (AvgIpc) is 2.39. The second-order valence-corrected chi connectivity index (χ2v) is 6.57. The summed E-state index contributed by atoms with van der Waals surface area (Å²) < 4.78 is 0. The lowest BCUT2D eigenvalue weighted by atomic mass is 9.80. The summed E-state index contributed by atoms with van der Waals surface area (Å²) in [6.45, 7) is 11.1. The highest BCUT2D eigenvalue weighted by atomic mass is 16.2. The van der Waals surface area contributed by atoms with Gasteiger partial charge in [-0.25, -0.2) is 0 Å². The molecule has 0 bridgehead atoms. The zero-order valence-electron chi connectivity index (χ0n) is 13.1. The molecule has 0 saturated carbocycles. The minimum atomic E-state index is -0.116. The Labute approximate surface area is 122 Å². The highest BCUT2D eigenvalue weighted by molar-refractivity contribution is 5.78. The van der Waals surface area contributed by atoms with E-state index in [9.17, 15) is 4.79 Å². The molecule has 1 aliphatic heterocycles. The molecule has 3 heteroatoms. The molecule has 1 N–H and O–H groups in total. The number of nitrogens with one attached hydrogen (secondary N) is 1. The fourth-order valence-electron chi connectivity index (χ4n) is 2.80. The van der Waals surface area contributed by atoms with Crippen molar-refractivity contribution in [3.05, 3.63) is 35.4 Å². The lowest BCUT2D eigenvalue weighted by Crippen LogP contribution is -2.53. The number of hydrogen-bond acceptors (Lipinski definition) is 2. The van der Waals surface area contributed by atoms with Crippen LogP contribution in [0.2, 0.25) is 0 Å². The summed E-state index contributed by atoms with van der Waals surface area (Å²) in [5.74, 6) is 0.268. The van der Waals surface area contributed by atoms with E-state index in [-0.39, 0.29) is 11.3 Å². The Morgan fingerprint density at radius 3 is 2.60 bits per heavy atom. The topological polar surface area (TPSA) is 32.3 Å². The molecular formula is C17H26N2O. The zero-order valence-corrected chi connectivity index (χ0v) is 13.1. The SMILES string of the molecule is Cc1ccc(C(C)(C)CC(=O)N2CCNC[C@H]2C)cc1. The molecule has 1 saturated heterocycles. The van der Waals surface area contributed by atoms with Crippen LogP contribution in [0.4, 0.5) is 0 Å². The summed E-state index contributed by atoms with van der Waals surface area (Å²) in [5, 5.41) is 3.33. The third kappa shape index (κ3) is 3.40. The van der Waals surface area contributed by atoms with Crippen molar-refractivity contribution >= 4 is 5.91 Å². The van der Waals surface area contributed by atoms with E-state index in [2.05, 4.69) is 57.3 Å². The summed E-state index contributed by atoms with van der Waals surface area (Å²) in [6, 6.07) is 8.82. The number of benzene rings is 1. The van der Waals surface area contributed by atoms with Gasteiger partial charge in [-0.1, -0.05) is 43.7 Å². The Hall–Kier alpha value is -1.35. The van der Waals surface area contributed by atoms with E-state index in [1.165, 1.54) is 11.1 Å². The van der Waals surface area contributed by atoms with E-state index in [0.717, 1.165) is 19.6 Å². The first-order valence-corrected chi connectivity index (χ1v) is 7.47. The fraction of sp³-hybridized carbons (Fsp3) is 0.588. The van der Waals surface area contributed by atoms with Crippen LogP contribution in [0, 0.1) is 6.92 Å². The van der Waals surface area contributed by atoms with Gasteiger partial charge < -0.3 is 10.2 Å². The predicted octanol–water partition coefficient (Wildman–Crippen LogP) is 2.48. The maximum atomic E-state index is 12.6. The number of hydrogen-bond donors (Lipinski definition) is 1. The van der Waals surface area contributed by atoms with Crippen molar-refractivity contribution in [2.24, 2.45) is 0 Å². The van der Waals surface area contributed by atoms with Gasteiger partial charge in [-0.15, -0.1) is 0 Å². The molecule has 1 fully saturated rings. The molecule has 110 valence electrons. The van der Waals surface area contributed by atoms with Gasteiger partial charge in [0.25, 0.3) is 0 Å². The summed E-state index contributed by atoms with van der Waals surface area (Å²) in [5.41, 5.74) is 2.38. The Bertz CT molecular complexity index is 464. The van der Waals surface area contributed by atoms with Crippen LogP contribution in [0.3, 0.4) is 0 Å². The average molecular weight is 274 g/mol. The highest BCUT2D eigenvalue weighted by Crippen LogP contribution is 2.28. The number of aryl methyl sites for hydroxylation is 1. The molecule has 2 rings (SSSR count). The van der Waals surface area contributed by atoms with Crippen molar-refractivity contribution in [1.82, 2.24) is 10.2 Å². The number of nitrogens with zero attached hydrogens (tertiary/aromatic N) is 1. The lowest BCUT2D eigenvalue weighted by Gasteiger charge is -2.36. The van der Waals surface area contributed by atoms with E-state index in [1.807, 2.05) is 4.90 Å². The van der Waals surface area contributed by atoms with Crippen molar-refractivity contribution in [2.45, 2.75) is 45.6 Å². The monoisotopic (exact) mass is 274 g/mol. The fourth-order valence-corrected chi connectivity index (χ4v) is 2.80. The number of carbonyl (C=O) groups excluding carboxylic acids is 1. The van der Waals surface area contributed by atoms with Crippen LogP contribution in [-0.4, -0.2) is 36.5 Å². The molecule has 0 aromatic heterocycles. The first kappa shape index (κ1) is 15.0.